The van der Waals surface area contributed by atoms with Gasteiger partial charge in [0.1, 0.15) is 6.72 Å². The summed E-state index contributed by atoms with van der Waals surface area (Å²) in [7, 11) is 0. The van der Waals surface area contributed by atoms with Gasteiger partial charge in [-0.3, -0.25) is 0 Å². The summed E-state index contributed by atoms with van der Waals surface area (Å²) in [6.07, 6.45) is 8.99. The first-order chi connectivity index (χ1) is 9.99. The van der Waals surface area contributed by atoms with Crippen molar-refractivity contribution < 1.29 is 13.9 Å². The zero-order chi connectivity index (χ0) is 16.1. The Morgan fingerprint density at radius 3 is 1.52 bits per heavy atom. The Bertz CT molecular complexity index is 263. The van der Waals surface area contributed by atoms with E-state index in [9.17, 15) is 4.89 Å². The Kier molecular flexibility index (Phi) is 13.3. The number of rotatable bonds is 14. The average Bonchev–Trinajstić information content (AvgIpc) is 2.47. The summed E-state index contributed by atoms with van der Waals surface area (Å²) < 4.78 is 10.9. The molecule has 0 aromatic rings. The molecule has 0 rings (SSSR count). The van der Waals surface area contributed by atoms with Crippen LogP contribution in [0.25, 0.3) is 0 Å². The van der Waals surface area contributed by atoms with Crippen molar-refractivity contribution in [1.82, 2.24) is 0 Å². The molecule has 0 fully saturated rings. The maximum absolute atomic E-state index is 12.2. The molecule has 0 aliphatic rings. The highest BCUT2D eigenvalue weighted by molar-refractivity contribution is 8.06. The number of hydrogen-bond donors (Lipinski definition) is 0. The monoisotopic (exact) mass is 337 g/mol. The topological polar surface area (TPSA) is 41.5 Å². The Morgan fingerprint density at radius 1 is 0.857 bits per heavy atom. The summed E-state index contributed by atoms with van der Waals surface area (Å²) in [6, 6.07) is 0. The molecule has 0 aliphatic heterocycles. The molecule has 3 nitrogen and oxygen atoms in total. The van der Waals surface area contributed by atoms with Crippen molar-refractivity contribution in [2.75, 3.05) is 13.2 Å². The third-order valence-electron chi connectivity index (χ3n) is 4.02. The smallest absolute Gasteiger partial charge is 0.115 e. The SMILES string of the molecule is CCCCC(CC)COP([O-])(=S)OCC(CC)CCCC. The van der Waals surface area contributed by atoms with E-state index in [-0.39, 0.29) is 0 Å². The molecule has 0 aliphatic carbocycles. The largest absolute Gasteiger partial charge is 0.780 e. The van der Waals surface area contributed by atoms with Gasteiger partial charge in [0.2, 0.25) is 0 Å². The van der Waals surface area contributed by atoms with Gasteiger partial charge in [0.15, 0.2) is 0 Å². The molecule has 2 unspecified atom stereocenters. The van der Waals surface area contributed by atoms with Gasteiger partial charge in [-0.15, -0.1) is 0 Å². The molecular weight excluding hydrogens is 303 g/mol. The molecule has 0 amide bonds. The van der Waals surface area contributed by atoms with Gasteiger partial charge in [0.25, 0.3) is 0 Å². The summed E-state index contributed by atoms with van der Waals surface area (Å²) in [4.78, 5) is 12.2. The second-order valence-corrected chi connectivity index (χ2v) is 8.62. The van der Waals surface area contributed by atoms with Crippen LogP contribution in [0.3, 0.4) is 0 Å². The summed E-state index contributed by atoms with van der Waals surface area (Å²) in [5.74, 6) is 0.874. The van der Waals surface area contributed by atoms with Gasteiger partial charge in [-0.2, -0.15) is 0 Å². The normalized spacial score (nSPS) is 17.4. The molecule has 0 N–H and O–H groups in total. The van der Waals surface area contributed by atoms with Crippen molar-refractivity contribution in [2.24, 2.45) is 11.8 Å². The van der Waals surface area contributed by atoms with Crippen molar-refractivity contribution in [3.8, 4) is 0 Å². The van der Waals surface area contributed by atoms with Crippen LogP contribution in [-0.2, 0) is 20.9 Å². The molecule has 0 spiro atoms. The Morgan fingerprint density at radius 2 is 1.24 bits per heavy atom. The lowest BCUT2D eigenvalue weighted by Gasteiger charge is -2.31. The number of unbranched alkanes of at least 4 members (excludes halogenated alkanes) is 2. The van der Waals surface area contributed by atoms with Gasteiger partial charge >= 0.3 is 0 Å². The van der Waals surface area contributed by atoms with Crippen molar-refractivity contribution in [3.63, 3.8) is 0 Å². The molecule has 0 saturated heterocycles. The van der Waals surface area contributed by atoms with E-state index in [4.69, 9.17) is 20.9 Å². The zero-order valence-corrected chi connectivity index (χ0v) is 16.0. The van der Waals surface area contributed by atoms with Gasteiger partial charge < -0.3 is 13.9 Å². The number of hydrogen-bond acceptors (Lipinski definition) is 4. The fourth-order valence-corrected chi connectivity index (χ4v) is 3.45. The van der Waals surface area contributed by atoms with E-state index in [2.05, 4.69) is 27.7 Å². The highest BCUT2D eigenvalue weighted by atomic mass is 32.5. The van der Waals surface area contributed by atoms with Crippen molar-refractivity contribution in [3.05, 3.63) is 0 Å². The second-order valence-electron chi connectivity index (χ2n) is 5.87. The quantitative estimate of drug-likeness (QED) is 0.417. The lowest BCUT2D eigenvalue weighted by Crippen LogP contribution is -2.17. The third-order valence-corrected chi connectivity index (χ3v) is 5.59. The lowest BCUT2D eigenvalue weighted by atomic mass is 10.0. The Balaban J connectivity index is 4.08. The fourth-order valence-electron chi connectivity index (χ4n) is 2.23. The van der Waals surface area contributed by atoms with E-state index in [0.29, 0.717) is 25.0 Å². The predicted octanol–water partition coefficient (Wildman–Crippen LogP) is 5.04. The van der Waals surface area contributed by atoms with Crippen LogP contribution in [0.4, 0.5) is 0 Å². The second kappa shape index (κ2) is 13.0. The minimum absolute atomic E-state index is 0.437. The minimum Gasteiger partial charge on any atom is -0.780 e. The standard InChI is InChI=1S/C16H35O3PS/c1-5-9-11-15(7-3)13-18-20(17,21)19-14-16(8-4)12-10-6-2/h15-16H,5-14H2,1-4H3,(H,17,21)/p-1. The first kappa shape index (κ1) is 21.5. The van der Waals surface area contributed by atoms with Crippen LogP contribution in [0, 0.1) is 11.8 Å². The lowest BCUT2D eigenvalue weighted by molar-refractivity contribution is -0.208. The van der Waals surface area contributed by atoms with Crippen molar-refractivity contribution in [1.29, 1.82) is 0 Å². The molecule has 0 radical (unpaired) electrons. The minimum atomic E-state index is -3.31. The van der Waals surface area contributed by atoms with Crippen molar-refractivity contribution >= 4 is 18.5 Å². The van der Waals surface area contributed by atoms with E-state index < -0.39 is 6.72 Å². The molecule has 5 heteroatoms. The zero-order valence-electron chi connectivity index (χ0n) is 14.3. The van der Waals surface area contributed by atoms with Gasteiger partial charge in [-0.05, 0) is 24.7 Å². The van der Waals surface area contributed by atoms with E-state index >= 15 is 0 Å². The van der Waals surface area contributed by atoms with E-state index in [0.717, 1.165) is 25.7 Å². The molecule has 2 atom stereocenters. The van der Waals surface area contributed by atoms with Gasteiger partial charge in [-0.25, -0.2) is 0 Å². The molecule has 0 aromatic heterocycles. The van der Waals surface area contributed by atoms with E-state index in [1.54, 1.807) is 0 Å². The Labute approximate surface area is 137 Å². The highest BCUT2D eigenvalue weighted by Gasteiger charge is 2.13. The molecule has 128 valence electrons. The maximum Gasteiger partial charge on any atom is 0.115 e. The van der Waals surface area contributed by atoms with Gasteiger partial charge in [0.05, 0.1) is 13.2 Å². The summed E-state index contributed by atoms with van der Waals surface area (Å²) in [5.41, 5.74) is 0. The molecule has 0 heterocycles. The van der Waals surface area contributed by atoms with Crippen LogP contribution in [0.1, 0.15) is 79.1 Å². The summed E-state index contributed by atoms with van der Waals surface area (Å²) >= 11 is 5.01. The van der Waals surface area contributed by atoms with E-state index in [1.807, 2.05) is 0 Å². The van der Waals surface area contributed by atoms with Crippen LogP contribution in [-0.4, -0.2) is 13.2 Å². The highest BCUT2D eigenvalue weighted by Crippen LogP contribution is 2.40. The predicted molar refractivity (Wildman–Crippen MR) is 92.8 cm³/mol. The fraction of sp³-hybridized carbons (Fsp3) is 1.00. The van der Waals surface area contributed by atoms with E-state index in [1.165, 1.54) is 25.7 Å². The third kappa shape index (κ3) is 11.7. The Hall–Kier alpha value is 0.530. The molecular formula is C16H34O3PS-. The average molecular weight is 337 g/mol. The van der Waals surface area contributed by atoms with Gasteiger partial charge in [0, 0.05) is 0 Å². The summed E-state index contributed by atoms with van der Waals surface area (Å²) in [5, 5.41) is 0. The van der Waals surface area contributed by atoms with Crippen LogP contribution in [0.5, 0.6) is 0 Å². The first-order valence-electron chi connectivity index (χ1n) is 8.59. The molecule has 0 saturated carbocycles. The van der Waals surface area contributed by atoms with Crippen LogP contribution >= 0.6 is 6.72 Å². The van der Waals surface area contributed by atoms with Crippen LogP contribution in [0.15, 0.2) is 0 Å². The molecule has 21 heavy (non-hydrogen) atoms. The molecule has 0 bridgehead atoms. The van der Waals surface area contributed by atoms with Gasteiger partial charge in [-0.1, -0.05) is 78.0 Å². The molecule has 0 aromatic carbocycles. The van der Waals surface area contributed by atoms with Crippen molar-refractivity contribution in [2.45, 2.75) is 79.1 Å². The summed E-state index contributed by atoms with van der Waals surface area (Å²) in [6.45, 7) is 6.24. The van der Waals surface area contributed by atoms with Crippen LogP contribution < -0.4 is 4.89 Å². The van der Waals surface area contributed by atoms with Crippen LogP contribution in [0.2, 0.25) is 0 Å². The first-order valence-corrected chi connectivity index (χ1v) is 11.1. The maximum atomic E-state index is 12.2.